The highest BCUT2D eigenvalue weighted by atomic mass is 19.3. The molecular weight excluding hydrogens is 284 g/mol. The van der Waals surface area contributed by atoms with E-state index in [1.165, 1.54) is 11.8 Å². The predicted octanol–water partition coefficient (Wildman–Crippen LogP) is 2.69. The number of piperidine rings is 1. The second kappa shape index (κ2) is 6.15. The summed E-state index contributed by atoms with van der Waals surface area (Å²) in [7, 11) is 1.16. The number of esters is 1. The number of hydrogen-bond donors (Lipinski definition) is 0. The maximum Gasteiger partial charge on any atom is 0.410 e. The van der Waals surface area contributed by atoms with E-state index in [4.69, 9.17) is 4.74 Å². The molecule has 1 aliphatic heterocycles. The van der Waals surface area contributed by atoms with Crippen molar-refractivity contribution in [2.75, 3.05) is 20.2 Å². The summed E-state index contributed by atoms with van der Waals surface area (Å²) in [6, 6.07) is 0. The maximum atomic E-state index is 13.2. The Hall–Kier alpha value is -1.40. The molecule has 0 radical (unpaired) electrons. The van der Waals surface area contributed by atoms with Crippen LogP contribution in [0.4, 0.5) is 13.6 Å². The van der Waals surface area contributed by atoms with Crippen LogP contribution in [0.1, 0.15) is 34.1 Å². The van der Waals surface area contributed by atoms with E-state index in [1.807, 2.05) is 0 Å². The Morgan fingerprint density at radius 1 is 1.33 bits per heavy atom. The summed E-state index contributed by atoms with van der Waals surface area (Å²) in [6.07, 6.45) is -3.22. The molecule has 0 spiro atoms. The summed E-state index contributed by atoms with van der Waals surface area (Å²) >= 11 is 0. The van der Waals surface area contributed by atoms with Gasteiger partial charge in [-0.2, -0.15) is 0 Å². The van der Waals surface area contributed by atoms with Crippen molar-refractivity contribution in [3.8, 4) is 0 Å². The van der Waals surface area contributed by atoms with E-state index < -0.39 is 35.4 Å². The van der Waals surface area contributed by atoms with Gasteiger partial charge in [-0.3, -0.25) is 4.79 Å². The highest BCUT2D eigenvalue weighted by molar-refractivity contribution is 5.78. The summed E-state index contributed by atoms with van der Waals surface area (Å²) in [4.78, 5) is 25.3. The number of methoxy groups -OCH3 is 1. The number of carbonyl (C=O) groups excluding carboxylic acids is 2. The quantitative estimate of drug-likeness (QED) is 0.736. The lowest BCUT2D eigenvalue weighted by molar-refractivity contribution is -0.165. The monoisotopic (exact) mass is 307 g/mol. The van der Waals surface area contributed by atoms with Gasteiger partial charge in [0, 0.05) is 19.0 Å². The first-order chi connectivity index (χ1) is 9.51. The molecule has 1 aliphatic rings. The summed E-state index contributed by atoms with van der Waals surface area (Å²) in [5.74, 6) is -1.87. The van der Waals surface area contributed by atoms with E-state index in [-0.39, 0.29) is 19.5 Å². The number of rotatable bonds is 2. The largest absolute Gasteiger partial charge is 0.469 e. The van der Waals surface area contributed by atoms with Gasteiger partial charge in [-0.05, 0) is 34.1 Å². The number of likely N-dealkylation sites (tertiary alicyclic amines) is 1. The van der Waals surface area contributed by atoms with Crippen molar-refractivity contribution in [1.82, 2.24) is 4.90 Å². The number of carbonyl (C=O) groups is 2. The lowest BCUT2D eigenvalue weighted by atomic mass is 9.72. The number of ether oxygens (including phenoxy) is 2. The number of nitrogens with zero attached hydrogens (tertiary/aromatic N) is 1. The highest BCUT2D eigenvalue weighted by Crippen LogP contribution is 2.40. The van der Waals surface area contributed by atoms with Crippen LogP contribution in [0.2, 0.25) is 0 Å². The van der Waals surface area contributed by atoms with Crippen LogP contribution in [0.5, 0.6) is 0 Å². The molecule has 5 nitrogen and oxygen atoms in total. The minimum absolute atomic E-state index is 0.0303. The summed E-state index contributed by atoms with van der Waals surface area (Å²) in [5, 5.41) is 0. The molecule has 2 unspecified atom stereocenters. The molecule has 0 aromatic heterocycles. The van der Waals surface area contributed by atoms with Gasteiger partial charge in [0.1, 0.15) is 5.60 Å². The molecule has 0 saturated carbocycles. The average molecular weight is 307 g/mol. The van der Waals surface area contributed by atoms with Crippen LogP contribution in [-0.2, 0) is 14.3 Å². The molecular formula is C14H23F2NO4. The molecule has 1 saturated heterocycles. The standard InChI is InChI=1S/C14H23F2NO4/c1-13(2,3)21-12(19)17-7-6-9(10(15)16)14(4,8-17)11(18)20-5/h9-10H,6-8H2,1-5H3. The Morgan fingerprint density at radius 2 is 1.90 bits per heavy atom. The van der Waals surface area contributed by atoms with Gasteiger partial charge in [0.05, 0.1) is 12.5 Å². The van der Waals surface area contributed by atoms with Gasteiger partial charge >= 0.3 is 12.1 Å². The molecule has 0 N–H and O–H groups in total. The summed E-state index contributed by atoms with van der Waals surface area (Å²) in [5.41, 5.74) is -2.11. The second-order valence-corrected chi connectivity index (χ2v) is 6.54. The molecule has 0 aliphatic carbocycles. The van der Waals surface area contributed by atoms with Crippen molar-refractivity contribution in [3.63, 3.8) is 0 Å². The molecule has 0 aromatic carbocycles. The van der Waals surface area contributed by atoms with Crippen LogP contribution in [0.25, 0.3) is 0 Å². The molecule has 1 amide bonds. The fourth-order valence-electron chi connectivity index (χ4n) is 2.54. The van der Waals surface area contributed by atoms with E-state index >= 15 is 0 Å². The second-order valence-electron chi connectivity index (χ2n) is 6.54. The number of alkyl halides is 2. The van der Waals surface area contributed by atoms with Gasteiger partial charge in [-0.25, -0.2) is 13.6 Å². The third kappa shape index (κ3) is 4.04. The third-order valence-electron chi connectivity index (χ3n) is 3.66. The van der Waals surface area contributed by atoms with Crippen molar-refractivity contribution < 1.29 is 27.8 Å². The maximum absolute atomic E-state index is 13.2. The van der Waals surface area contributed by atoms with E-state index in [9.17, 15) is 18.4 Å². The van der Waals surface area contributed by atoms with Crippen molar-refractivity contribution in [1.29, 1.82) is 0 Å². The third-order valence-corrected chi connectivity index (χ3v) is 3.66. The van der Waals surface area contributed by atoms with Crippen LogP contribution in [0.15, 0.2) is 0 Å². The average Bonchev–Trinajstić information content (AvgIpc) is 2.34. The fourth-order valence-corrected chi connectivity index (χ4v) is 2.54. The van der Waals surface area contributed by atoms with E-state index in [1.54, 1.807) is 20.8 Å². The van der Waals surface area contributed by atoms with E-state index in [0.717, 1.165) is 7.11 Å². The van der Waals surface area contributed by atoms with E-state index in [2.05, 4.69) is 4.74 Å². The van der Waals surface area contributed by atoms with Crippen LogP contribution in [0.3, 0.4) is 0 Å². The molecule has 122 valence electrons. The first-order valence-corrected chi connectivity index (χ1v) is 6.86. The molecule has 7 heteroatoms. The van der Waals surface area contributed by atoms with Gasteiger partial charge in [-0.1, -0.05) is 0 Å². The highest BCUT2D eigenvalue weighted by Gasteiger charge is 2.51. The molecule has 0 aromatic rings. The molecule has 21 heavy (non-hydrogen) atoms. The lowest BCUT2D eigenvalue weighted by Crippen LogP contribution is -2.56. The summed E-state index contributed by atoms with van der Waals surface area (Å²) in [6.45, 7) is 6.56. The van der Waals surface area contributed by atoms with Gasteiger partial charge in [0.15, 0.2) is 0 Å². The van der Waals surface area contributed by atoms with Crippen LogP contribution in [-0.4, -0.2) is 49.2 Å². The van der Waals surface area contributed by atoms with Crippen molar-refractivity contribution in [2.24, 2.45) is 11.3 Å². The van der Waals surface area contributed by atoms with Crippen molar-refractivity contribution in [3.05, 3.63) is 0 Å². The Labute approximate surface area is 123 Å². The first kappa shape index (κ1) is 17.7. The van der Waals surface area contributed by atoms with Crippen molar-refractivity contribution in [2.45, 2.75) is 46.1 Å². The Balaban J connectivity index is 2.93. The van der Waals surface area contributed by atoms with Gasteiger partial charge in [-0.15, -0.1) is 0 Å². The van der Waals surface area contributed by atoms with Crippen LogP contribution >= 0.6 is 0 Å². The zero-order valence-corrected chi connectivity index (χ0v) is 13.1. The normalized spacial score (nSPS) is 26.7. The topological polar surface area (TPSA) is 55.8 Å². The molecule has 1 heterocycles. The summed E-state index contributed by atoms with van der Waals surface area (Å²) < 4.78 is 36.2. The van der Waals surface area contributed by atoms with Crippen LogP contribution < -0.4 is 0 Å². The zero-order chi connectivity index (χ0) is 16.4. The predicted molar refractivity (Wildman–Crippen MR) is 72.0 cm³/mol. The van der Waals surface area contributed by atoms with E-state index in [0.29, 0.717) is 0 Å². The van der Waals surface area contributed by atoms with Crippen LogP contribution in [0, 0.1) is 11.3 Å². The SMILES string of the molecule is COC(=O)C1(C)CN(C(=O)OC(C)(C)C)CCC1C(F)F. The van der Waals surface area contributed by atoms with Crippen molar-refractivity contribution >= 4 is 12.1 Å². The Bertz CT molecular complexity index is 408. The smallest absolute Gasteiger partial charge is 0.410 e. The Kier molecular flexibility index (Phi) is 5.17. The molecule has 0 bridgehead atoms. The van der Waals surface area contributed by atoms with Gasteiger partial charge < -0.3 is 14.4 Å². The molecule has 1 rings (SSSR count). The van der Waals surface area contributed by atoms with Gasteiger partial charge in [0.2, 0.25) is 6.43 Å². The minimum Gasteiger partial charge on any atom is -0.469 e. The Morgan fingerprint density at radius 3 is 2.33 bits per heavy atom. The first-order valence-electron chi connectivity index (χ1n) is 6.86. The van der Waals surface area contributed by atoms with Gasteiger partial charge in [0.25, 0.3) is 0 Å². The lowest BCUT2D eigenvalue weighted by Gasteiger charge is -2.43. The number of amides is 1. The minimum atomic E-state index is -2.64. The molecule has 2 atom stereocenters. The fraction of sp³-hybridized carbons (Fsp3) is 0.857. The molecule has 1 fully saturated rings. The zero-order valence-electron chi connectivity index (χ0n) is 13.1. The number of hydrogen-bond acceptors (Lipinski definition) is 4. The number of halogens is 2.